The molecule has 1 saturated heterocycles. The van der Waals surface area contributed by atoms with Gasteiger partial charge in [-0.3, -0.25) is 14.2 Å². The molecule has 1 aliphatic rings. The highest BCUT2D eigenvalue weighted by Gasteiger charge is 2.26. The average molecular weight is 436 g/mol. The van der Waals surface area contributed by atoms with E-state index in [0.717, 1.165) is 30.8 Å². The molecule has 2 heterocycles. The number of amides is 1. The number of thioether (sulfide) groups is 1. The fourth-order valence-electron chi connectivity index (χ4n) is 4.39. The van der Waals surface area contributed by atoms with Crippen LogP contribution in [0.25, 0.3) is 16.6 Å². The molecule has 0 N–H and O–H groups in total. The summed E-state index contributed by atoms with van der Waals surface area (Å²) in [6.45, 7) is 10.1. The molecule has 1 aliphatic heterocycles. The second kappa shape index (κ2) is 8.87. The van der Waals surface area contributed by atoms with Crippen LogP contribution in [0.15, 0.2) is 52.4 Å². The van der Waals surface area contributed by atoms with Crippen LogP contribution in [0.5, 0.6) is 0 Å². The van der Waals surface area contributed by atoms with Gasteiger partial charge in [-0.25, -0.2) is 4.98 Å². The molecular weight excluding hydrogens is 406 g/mol. The number of aryl methyl sites for hydroxylation is 2. The maximum atomic E-state index is 13.4. The van der Waals surface area contributed by atoms with Crippen molar-refractivity contribution in [2.45, 2.75) is 39.3 Å². The number of piperidine rings is 1. The van der Waals surface area contributed by atoms with Crippen molar-refractivity contribution in [1.29, 1.82) is 0 Å². The van der Waals surface area contributed by atoms with Crippen molar-refractivity contribution in [2.75, 3.05) is 18.8 Å². The first-order valence-electron chi connectivity index (χ1n) is 10.8. The summed E-state index contributed by atoms with van der Waals surface area (Å²) in [5, 5.41) is 1.13. The number of benzene rings is 2. The van der Waals surface area contributed by atoms with Crippen molar-refractivity contribution in [2.24, 2.45) is 11.8 Å². The van der Waals surface area contributed by atoms with Gasteiger partial charge in [-0.2, -0.15) is 0 Å². The molecule has 0 saturated carbocycles. The molecule has 6 heteroatoms. The van der Waals surface area contributed by atoms with Gasteiger partial charge in [0.05, 0.1) is 22.3 Å². The first-order chi connectivity index (χ1) is 14.8. The van der Waals surface area contributed by atoms with E-state index < -0.39 is 0 Å². The molecule has 0 aliphatic carbocycles. The number of nitrogens with zero attached hydrogens (tertiary/aromatic N) is 3. The van der Waals surface area contributed by atoms with E-state index in [4.69, 9.17) is 4.98 Å². The van der Waals surface area contributed by atoms with Gasteiger partial charge >= 0.3 is 0 Å². The molecule has 1 aromatic heterocycles. The number of likely N-dealkylation sites (tertiary alicyclic amines) is 1. The Balaban J connectivity index is 1.70. The Hall–Kier alpha value is -2.60. The predicted molar refractivity (Wildman–Crippen MR) is 127 cm³/mol. The van der Waals surface area contributed by atoms with Crippen LogP contribution in [0.3, 0.4) is 0 Å². The average Bonchev–Trinajstić information content (AvgIpc) is 2.73. The Morgan fingerprint density at radius 1 is 1.06 bits per heavy atom. The Kier molecular flexibility index (Phi) is 6.19. The van der Waals surface area contributed by atoms with E-state index >= 15 is 0 Å². The molecule has 0 spiro atoms. The van der Waals surface area contributed by atoms with E-state index in [1.807, 2.05) is 48.2 Å². The maximum Gasteiger partial charge on any atom is 0.266 e. The molecule has 0 unspecified atom stereocenters. The van der Waals surface area contributed by atoms with Crippen LogP contribution in [0.1, 0.15) is 31.4 Å². The van der Waals surface area contributed by atoms with Crippen LogP contribution in [0, 0.1) is 25.7 Å². The quantitative estimate of drug-likeness (QED) is 0.444. The third-order valence-corrected chi connectivity index (χ3v) is 6.96. The minimum absolute atomic E-state index is 0.107. The molecule has 0 bridgehead atoms. The predicted octanol–water partition coefficient (Wildman–Crippen LogP) is 4.60. The summed E-state index contributed by atoms with van der Waals surface area (Å²) in [6, 6.07) is 13.4. The highest BCUT2D eigenvalue weighted by atomic mass is 32.2. The normalized spacial score (nSPS) is 19.0. The van der Waals surface area contributed by atoms with E-state index in [-0.39, 0.29) is 17.2 Å². The SMILES string of the molecule is Cc1ccc(-n2c(SCC(=O)N3C[C@@H](C)C[C@H](C)C3)nc3ccccc3c2=O)cc1C. The van der Waals surface area contributed by atoms with Gasteiger partial charge in [0.15, 0.2) is 5.16 Å². The molecule has 2 aromatic carbocycles. The van der Waals surface area contributed by atoms with Crippen molar-refractivity contribution in [3.8, 4) is 5.69 Å². The first kappa shape index (κ1) is 21.6. The largest absolute Gasteiger partial charge is 0.341 e. The topological polar surface area (TPSA) is 55.2 Å². The standard InChI is InChI=1S/C25H29N3O2S/c1-16-11-17(2)14-27(13-16)23(29)15-31-25-26-22-8-6-5-7-21(22)24(30)28(25)20-10-9-18(3)19(4)12-20/h5-10,12,16-17H,11,13-15H2,1-4H3/t16-,17-/m0/s1. The van der Waals surface area contributed by atoms with Crippen LogP contribution in [-0.2, 0) is 4.79 Å². The van der Waals surface area contributed by atoms with Gasteiger partial charge in [0.2, 0.25) is 5.91 Å². The molecule has 1 amide bonds. The lowest BCUT2D eigenvalue weighted by Gasteiger charge is -2.35. The van der Waals surface area contributed by atoms with Crippen LogP contribution in [-0.4, -0.2) is 39.2 Å². The third kappa shape index (κ3) is 4.54. The smallest absolute Gasteiger partial charge is 0.266 e. The molecule has 4 rings (SSSR count). The van der Waals surface area contributed by atoms with Crippen LogP contribution < -0.4 is 5.56 Å². The monoisotopic (exact) mass is 435 g/mol. The fraction of sp³-hybridized carbons (Fsp3) is 0.400. The summed E-state index contributed by atoms with van der Waals surface area (Å²) in [5.41, 5.74) is 3.61. The number of para-hydroxylation sites is 1. The number of aromatic nitrogens is 2. The van der Waals surface area contributed by atoms with Crippen LogP contribution in [0.2, 0.25) is 0 Å². The Morgan fingerprint density at radius 2 is 1.77 bits per heavy atom. The lowest BCUT2D eigenvalue weighted by atomic mass is 9.92. The number of carbonyl (C=O) groups excluding carboxylic acids is 1. The highest BCUT2D eigenvalue weighted by Crippen LogP contribution is 2.25. The summed E-state index contributed by atoms with van der Waals surface area (Å²) in [7, 11) is 0. The Bertz CT molecular complexity index is 1180. The van der Waals surface area contributed by atoms with E-state index in [1.165, 1.54) is 17.3 Å². The summed E-state index contributed by atoms with van der Waals surface area (Å²) in [5.74, 6) is 1.42. The second-order valence-electron chi connectivity index (χ2n) is 8.85. The van der Waals surface area contributed by atoms with Gasteiger partial charge < -0.3 is 4.90 Å². The number of hydrogen-bond donors (Lipinski definition) is 0. The minimum atomic E-state index is -0.107. The number of carbonyl (C=O) groups is 1. The molecule has 3 aromatic rings. The van der Waals surface area contributed by atoms with Gasteiger partial charge in [-0.05, 0) is 67.5 Å². The van der Waals surface area contributed by atoms with Gasteiger partial charge in [0.25, 0.3) is 5.56 Å². The minimum Gasteiger partial charge on any atom is -0.341 e. The van der Waals surface area contributed by atoms with Crippen molar-refractivity contribution < 1.29 is 4.79 Å². The summed E-state index contributed by atoms with van der Waals surface area (Å²) in [4.78, 5) is 33.1. The molecule has 162 valence electrons. The fourth-order valence-corrected chi connectivity index (χ4v) is 5.30. The maximum absolute atomic E-state index is 13.4. The third-order valence-electron chi connectivity index (χ3n) is 6.04. The van der Waals surface area contributed by atoms with Gasteiger partial charge in [-0.1, -0.05) is 43.8 Å². The summed E-state index contributed by atoms with van der Waals surface area (Å²) >= 11 is 1.35. The molecule has 1 fully saturated rings. The molecule has 0 radical (unpaired) electrons. The zero-order chi connectivity index (χ0) is 22.1. The number of rotatable bonds is 4. The van der Waals surface area contributed by atoms with Crippen LogP contribution in [0.4, 0.5) is 0 Å². The van der Waals surface area contributed by atoms with E-state index in [0.29, 0.717) is 27.9 Å². The molecular formula is C25H29N3O2S. The van der Waals surface area contributed by atoms with E-state index in [2.05, 4.69) is 20.8 Å². The van der Waals surface area contributed by atoms with E-state index in [9.17, 15) is 9.59 Å². The lowest BCUT2D eigenvalue weighted by Crippen LogP contribution is -2.43. The van der Waals surface area contributed by atoms with Gasteiger partial charge in [0.1, 0.15) is 0 Å². The van der Waals surface area contributed by atoms with Crippen molar-refractivity contribution in [3.63, 3.8) is 0 Å². The van der Waals surface area contributed by atoms with E-state index in [1.54, 1.807) is 10.6 Å². The molecule has 2 atom stereocenters. The van der Waals surface area contributed by atoms with Crippen molar-refractivity contribution in [1.82, 2.24) is 14.5 Å². The highest BCUT2D eigenvalue weighted by molar-refractivity contribution is 7.99. The summed E-state index contributed by atoms with van der Waals surface area (Å²) < 4.78 is 1.65. The zero-order valence-electron chi connectivity index (χ0n) is 18.6. The second-order valence-corrected chi connectivity index (χ2v) is 9.80. The van der Waals surface area contributed by atoms with Crippen molar-refractivity contribution in [3.05, 3.63) is 63.9 Å². The van der Waals surface area contributed by atoms with Crippen LogP contribution >= 0.6 is 11.8 Å². The first-order valence-corrected chi connectivity index (χ1v) is 11.8. The zero-order valence-corrected chi connectivity index (χ0v) is 19.4. The lowest BCUT2D eigenvalue weighted by molar-refractivity contribution is -0.130. The van der Waals surface area contributed by atoms with Crippen molar-refractivity contribution >= 4 is 28.6 Å². The molecule has 5 nitrogen and oxygen atoms in total. The molecule has 31 heavy (non-hydrogen) atoms. The summed E-state index contributed by atoms with van der Waals surface area (Å²) in [6.07, 6.45) is 1.16. The number of fused-ring (bicyclic) bond motifs is 1. The Morgan fingerprint density at radius 3 is 2.48 bits per heavy atom. The van der Waals surface area contributed by atoms with Gasteiger partial charge in [-0.15, -0.1) is 0 Å². The Labute approximate surface area is 187 Å². The number of hydrogen-bond acceptors (Lipinski definition) is 4. The van der Waals surface area contributed by atoms with Gasteiger partial charge in [0, 0.05) is 13.1 Å².